The number of hydrogen-bond acceptors (Lipinski definition) is 3. The van der Waals surface area contributed by atoms with Crippen molar-refractivity contribution in [3.8, 4) is 5.75 Å². The van der Waals surface area contributed by atoms with Crippen LogP contribution in [-0.4, -0.2) is 36.3 Å². The van der Waals surface area contributed by atoms with Crippen LogP contribution in [0.15, 0.2) is 36.4 Å². The van der Waals surface area contributed by atoms with Crippen LogP contribution in [0.25, 0.3) is 0 Å². The molecule has 0 bridgehead atoms. The lowest BCUT2D eigenvalue weighted by Gasteiger charge is -2.20. The molecule has 2 aromatic rings. The summed E-state index contributed by atoms with van der Waals surface area (Å²) in [6.07, 6.45) is 0.540. The minimum absolute atomic E-state index is 0.148. The molecule has 1 aliphatic heterocycles. The summed E-state index contributed by atoms with van der Waals surface area (Å²) in [6.45, 7) is 0.823. The lowest BCUT2D eigenvalue weighted by molar-refractivity contribution is -0.133. The van der Waals surface area contributed by atoms with Crippen LogP contribution in [0.3, 0.4) is 0 Å². The molecule has 0 spiro atoms. The van der Waals surface area contributed by atoms with Gasteiger partial charge in [-0.25, -0.2) is 8.78 Å². The zero-order valence-corrected chi connectivity index (χ0v) is 16.6. The molecular weight excluding hydrogens is 415 g/mol. The van der Waals surface area contributed by atoms with Crippen molar-refractivity contribution >= 4 is 40.9 Å². The van der Waals surface area contributed by atoms with Gasteiger partial charge in [0.05, 0.1) is 5.02 Å². The summed E-state index contributed by atoms with van der Waals surface area (Å²) in [5.41, 5.74) is 0.346. The first-order valence-corrected chi connectivity index (χ1v) is 10.2. The Balaban J connectivity index is 1.58. The van der Waals surface area contributed by atoms with Gasteiger partial charge in [0.1, 0.15) is 17.4 Å². The Morgan fingerprint density at radius 2 is 2.00 bits per heavy atom. The summed E-state index contributed by atoms with van der Waals surface area (Å²) < 4.78 is 33.0. The lowest BCUT2D eigenvalue weighted by Crippen LogP contribution is -2.36. The van der Waals surface area contributed by atoms with Gasteiger partial charge in [0.25, 0.3) is 5.91 Å². The average Bonchev–Trinajstić information content (AvgIpc) is 2.89. The maximum Gasteiger partial charge on any atom is 0.260 e. The van der Waals surface area contributed by atoms with E-state index in [1.165, 1.54) is 17.8 Å². The van der Waals surface area contributed by atoms with E-state index in [2.05, 4.69) is 0 Å². The summed E-state index contributed by atoms with van der Waals surface area (Å²) in [5, 5.41) is 0.632. The van der Waals surface area contributed by atoms with Crippen molar-refractivity contribution in [1.82, 2.24) is 4.90 Å². The fourth-order valence-corrected chi connectivity index (χ4v) is 4.56. The van der Waals surface area contributed by atoms with Gasteiger partial charge in [-0.3, -0.25) is 4.79 Å². The van der Waals surface area contributed by atoms with Crippen LogP contribution < -0.4 is 4.74 Å². The van der Waals surface area contributed by atoms with Crippen molar-refractivity contribution in [2.24, 2.45) is 0 Å². The molecule has 8 heteroatoms. The molecular formula is C19H17Cl2F2NO2S. The first-order chi connectivity index (χ1) is 12.9. The molecule has 0 aromatic heterocycles. The second kappa shape index (κ2) is 9.13. The number of nitrogens with zero attached hydrogens (tertiary/aromatic N) is 1. The van der Waals surface area contributed by atoms with E-state index >= 15 is 0 Å². The van der Waals surface area contributed by atoms with Gasteiger partial charge >= 0.3 is 0 Å². The molecule has 3 rings (SSSR count). The number of carbonyl (C=O) groups excluding carboxylic acids is 1. The number of ether oxygens (including phenoxy) is 1. The second-order valence-corrected chi connectivity index (χ2v) is 8.21. The van der Waals surface area contributed by atoms with Crippen LogP contribution in [0, 0.1) is 11.6 Å². The highest BCUT2D eigenvalue weighted by molar-refractivity contribution is 7.99. The minimum atomic E-state index is -0.461. The van der Waals surface area contributed by atoms with Crippen LogP contribution in [-0.2, 0) is 4.79 Å². The molecule has 0 N–H and O–H groups in total. The Kier molecular flexibility index (Phi) is 6.84. The molecule has 1 fully saturated rings. The van der Waals surface area contributed by atoms with Crippen LogP contribution in [0.1, 0.15) is 17.2 Å². The van der Waals surface area contributed by atoms with Crippen molar-refractivity contribution in [1.29, 1.82) is 0 Å². The fraction of sp³-hybridized carbons (Fsp3) is 0.316. The Bertz CT molecular complexity index is 837. The van der Waals surface area contributed by atoms with Gasteiger partial charge < -0.3 is 9.64 Å². The van der Waals surface area contributed by atoms with Crippen molar-refractivity contribution in [2.75, 3.05) is 25.4 Å². The molecule has 0 radical (unpaired) electrons. The quantitative estimate of drug-likeness (QED) is 0.652. The summed E-state index contributed by atoms with van der Waals surface area (Å²) in [5.74, 6) is -0.0410. The Labute approximate surface area is 170 Å². The van der Waals surface area contributed by atoms with E-state index in [9.17, 15) is 13.6 Å². The zero-order valence-electron chi connectivity index (χ0n) is 14.3. The summed E-state index contributed by atoms with van der Waals surface area (Å²) in [6, 6.07) is 8.27. The van der Waals surface area contributed by atoms with E-state index in [0.717, 1.165) is 12.1 Å². The molecule has 1 amide bonds. The Hall–Kier alpha value is -1.50. The predicted octanol–water partition coefficient (Wildman–Crippen LogP) is 5.36. The van der Waals surface area contributed by atoms with E-state index in [0.29, 0.717) is 46.6 Å². The van der Waals surface area contributed by atoms with Gasteiger partial charge in [-0.15, -0.1) is 0 Å². The molecule has 0 aliphatic carbocycles. The third kappa shape index (κ3) is 5.27. The number of hydrogen-bond donors (Lipinski definition) is 0. The predicted molar refractivity (Wildman–Crippen MR) is 105 cm³/mol. The Morgan fingerprint density at radius 3 is 2.78 bits per heavy atom. The molecule has 3 nitrogen and oxygen atoms in total. The maximum atomic E-state index is 14.0. The monoisotopic (exact) mass is 431 g/mol. The Morgan fingerprint density at radius 1 is 1.19 bits per heavy atom. The normalized spacial score (nSPS) is 17.5. The largest absolute Gasteiger partial charge is 0.482 e. The average molecular weight is 432 g/mol. The molecule has 1 atom stereocenters. The van der Waals surface area contributed by atoms with Gasteiger partial charge in [0, 0.05) is 34.7 Å². The van der Waals surface area contributed by atoms with Crippen LogP contribution in [0.2, 0.25) is 10.0 Å². The highest BCUT2D eigenvalue weighted by Crippen LogP contribution is 2.36. The van der Waals surface area contributed by atoms with Crippen molar-refractivity contribution in [3.05, 3.63) is 63.6 Å². The minimum Gasteiger partial charge on any atom is -0.482 e. The van der Waals surface area contributed by atoms with Crippen molar-refractivity contribution < 1.29 is 18.3 Å². The molecule has 27 heavy (non-hydrogen) atoms. The number of benzene rings is 2. The first kappa shape index (κ1) is 20.2. The van der Waals surface area contributed by atoms with Crippen molar-refractivity contribution in [2.45, 2.75) is 11.7 Å². The fourth-order valence-electron chi connectivity index (χ4n) is 2.85. The van der Waals surface area contributed by atoms with E-state index in [-0.39, 0.29) is 17.8 Å². The lowest BCUT2D eigenvalue weighted by atomic mass is 10.1. The van der Waals surface area contributed by atoms with Gasteiger partial charge in [-0.2, -0.15) is 11.8 Å². The zero-order chi connectivity index (χ0) is 19.4. The second-order valence-electron chi connectivity index (χ2n) is 6.06. The van der Waals surface area contributed by atoms with Crippen LogP contribution in [0.4, 0.5) is 8.78 Å². The standard InChI is InChI=1S/C19H17Cl2F2NO2S/c20-12-1-4-17(15(21)9-12)26-11-19(25)24-6-5-18(27-8-7-24)14-10-13(22)2-3-16(14)23/h1-4,9-10,18H,5-8,11H2. The number of halogens is 4. The van der Waals surface area contributed by atoms with Gasteiger partial charge in [0.15, 0.2) is 6.61 Å². The van der Waals surface area contributed by atoms with Crippen molar-refractivity contribution in [3.63, 3.8) is 0 Å². The number of thioether (sulfide) groups is 1. The third-order valence-electron chi connectivity index (χ3n) is 4.24. The van der Waals surface area contributed by atoms with Crippen LogP contribution >= 0.6 is 35.0 Å². The molecule has 144 valence electrons. The van der Waals surface area contributed by atoms with E-state index in [4.69, 9.17) is 27.9 Å². The molecule has 0 saturated carbocycles. The molecule has 1 aliphatic rings. The van der Waals surface area contributed by atoms with E-state index in [1.807, 2.05) is 0 Å². The molecule has 1 heterocycles. The molecule has 2 aromatic carbocycles. The van der Waals surface area contributed by atoms with Gasteiger partial charge in [-0.1, -0.05) is 23.2 Å². The van der Waals surface area contributed by atoms with Gasteiger partial charge in [0.2, 0.25) is 0 Å². The highest BCUT2D eigenvalue weighted by Gasteiger charge is 2.24. The summed E-state index contributed by atoms with van der Waals surface area (Å²) >= 11 is 13.4. The highest BCUT2D eigenvalue weighted by atomic mass is 35.5. The first-order valence-electron chi connectivity index (χ1n) is 8.36. The molecule has 1 saturated heterocycles. The van der Waals surface area contributed by atoms with E-state index < -0.39 is 11.6 Å². The van der Waals surface area contributed by atoms with E-state index in [1.54, 1.807) is 23.1 Å². The van der Waals surface area contributed by atoms with Gasteiger partial charge in [-0.05, 0) is 42.8 Å². The SMILES string of the molecule is O=C(COc1ccc(Cl)cc1Cl)N1CCSC(c2cc(F)ccc2F)CC1. The third-order valence-corrected chi connectivity index (χ3v) is 6.08. The summed E-state index contributed by atoms with van der Waals surface area (Å²) in [7, 11) is 0. The maximum absolute atomic E-state index is 14.0. The molecule has 1 unspecified atom stereocenters. The number of amides is 1. The summed E-state index contributed by atoms with van der Waals surface area (Å²) in [4.78, 5) is 14.1. The topological polar surface area (TPSA) is 29.5 Å². The number of carbonyl (C=O) groups is 1. The smallest absolute Gasteiger partial charge is 0.260 e. The van der Waals surface area contributed by atoms with Crippen LogP contribution in [0.5, 0.6) is 5.75 Å². The number of rotatable bonds is 4.